The molecule has 4 aromatic carbocycles. The number of phenols is 1. The fraction of sp³-hybridized carbons (Fsp3) is 0.409. The predicted octanol–water partition coefficient (Wildman–Crippen LogP) is 2.23. The second-order valence-electron chi connectivity index (χ2n) is 24.2. The molecule has 26 nitrogen and oxygen atoms in total. The van der Waals surface area contributed by atoms with Crippen LogP contribution in [0, 0.1) is 11.6 Å². The van der Waals surface area contributed by atoms with Crippen LogP contribution in [-0.4, -0.2) is 169 Å². The van der Waals surface area contributed by atoms with Gasteiger partial charge in [0.05, 0.1) is 13.0 Å². The van der Waals surface area contributed by atoms with Gasteiger partial charge in [0, 0.05) is 89.4 Å². The van der Waals surface area contributed by atoms with Crippen molar-refractivity contribution in [2.75, 3.05) is 31.1 Å². The quantitative estimate of drug-likeness (QED) is 0.0737. The van der Waals surface area contributed by atoms with E-state index >= 15 is 0 Å². The molecule has 10 amide bonds. The number of carboxylic acid groups (broad SMARTS) is 1. The summed E-state index contributed by atoms with van der Waals surface area (Å²) in [5, 5.41) is 41.6. The number of aliphatic carboxylic acids is 1. The number of hydrogen-bond acceptors (Lipinski definition) is 15. The zero-order chi connectivity index (χ0) is 69.2. The Balaban J connectivity index is 1.11. The first kappa shape index (κ1) is 72.3. The van der Waals surface area contributed by atoms with Crippen molar-refractivity contribution in [3.63, 3.8) is 0 Å². The number of phenolic OH excluding ortho intramolecular Hbond substituents is 1. The van der Waals surface area contributed by atoms with Gasteiger partial charge >= 0.3 is 5.97 Å². The van der Waals surface area contributed by atoms with Gasteiger partial charge in [-0.2, -0.15) is 23.5 Å². The Morgan fingerprint density at radius 2 is 1.26 bits per heavy atom. The van der Waals surface area contributed by atoms with E-state index in [9.17, 15) is 71.7 Å². The smallest absolute Gasteiger partial charge is 0.305 e. The van der Waals surface area contributed by atoms with E-state index < -0.39 is 144 Å². The lowest BCUT2D eigenvalue weighted by Gasteiger charge is -2.33. The van der Waals surface area contributed by atoms with Crippen molar-refractivity contribution in [2.45, 2.75) is 137 Å². The van der Waals surface area contributed by atoms with Gasteiger partial charge in [-0.1, -0.05) is 36.4 Å². The molecular weight excluding hydrogens is 1280 g/mol. The molecule has 2 aliphatic rings. The highest BCUT2D eigenvalue weighted by Gasteiger charge is 2.42. The maximum absolute atomic E-state index is 14.9. The first-order valence-electron chi connectivity index (χ1n) is 31.3. The number of aromatic nitrogens is 2. The van der Waals surface area contributed by atoms with Gasteiger partial charge in [-0.25, -0.2) is 8.78 Å². The Morgan fingerprint density at radius 1 is 0.656 bits per heavy atom. The van der Waals surface area contributed by atoms with E-state index in [2.05, 4.69) is 52.5 Å². The first-order valence-corrected chi connectivity index (χ1v) is 33.6. The number of aromatic amines is 2. The number of amides is 10. The van der Waals surface area contributed by atoms with Crippen LogP contribution in [0.2, 0.25) is 0 Å². The summed E-state index contributed by atoms with van der Waals surface area (Å²) < 4.78 is 29.7. The molecule has 96 heavy (non-hydrogen) atoms. The summed E-state index contributed by atoms with van der Waals surface area (Å²) in [4.78, 5) is 162. The topological polar surface area (TPSA) is 411 Å². The van der Waals surface area contributed by atoms with E-state index in [4.69, 9.17) is 11.5 Å². The van der Waals surface area contributed by atoms with Crippen LogP contribution < -0.4 is 54.0 Å². The lowest BCUT2D eigenvalue weighted by atomic mass is 9.99. The van der Waals surface area contributed by atoms with Gasteiger partial charge in [0.25, 0.3) is 0 Å². The largest absolute Gasteiger partial charge is 0.508 e. The molecule has 2 bridgehead atoms. The second kappa shape index (κ2) is 33.7. The highest BCUT2D eigenvalue weighted by Crippen LogP contribution is 2.26. The third-order valence-corrected chi connectivity index (χ3v) is 18.5. The highest BCUT2D eigenvalue weighted by molar-refractivity contribution is 7.98. The molecule has 1 saturated heterocycles. The van der Waals surface area contributed by atoms with Crippen molar-refractivity contribution >= 4 is 110 Å². The van der Waals surface area contributed by atoms with E-state index in [1.54, 1.807) is 0 Å². The maximum Gasteiger partial charge on any atom is 0.305 e. The van der Waals surface area contributed by atoms with Crippen molar-refractivity contribution in [3.05, 3.63) is 137 Å². The average molecular weight is 1360 g/mol. The van der Waals surface area contributed by atoms with Gasteiger partial charge in [-0.3, -0.25) is 52.7 Å². The van der Waals surface area contributed by atoms with Crippen molar-refractivity contribution in [2.24, 2.45) is 11.5 Å². The number of hydrogen-bond donors (Lipinski definition) is 14. The third-order valence-electron chi connectivity index (χ3n) is 16.4. The van der Waals surface area contributed by atoms with Crippen LogP contribution in [0.4, 0.5) is 8.78 Å². The normalized spacial score (nSPS) is 22.3. The number of rotatable bonds is 13. The Hall–Kier alpha value is -9.55. The maximum atomic E-state index is 14.9. The lowest BCUT2D eigenvalue weighted by molar-refractivity contribution is -0.143. The zero-order valence-electron chi connectivity index (χ0n) is 52.9. The molecule has 2 aliphatic heterocycles. The summed E-state index contributed by atoms with van der Waals surface area (Å²) in [5.74, 6) is -10.4. The van der Waals surface area contributed by atoms with E-state index in [-0.39, 0.29) is 61.1 Å². The minimum Gasteiger partial charge on any atom is -0.508 e. The number of H-pyrrole nitrogens is 2. The number of primary amides is 1. The van der Waals surface area contributed by atoms with Crippen molar-refractivity contribution in [1.82, 2.24) is 57.4 Å². The van der Waals surface area contributed by atoms with Gasteiger partial charge < -0.3 is 79.1 Å². The number of thioether (sulfide) groups is 2. The van der Waals surface area contributed by atoms with E-state index in [0.29, 0.717) is 70.6 Å². The van der Waals surface area contributed by atoms with Crippen LogP contribution >= 0.6 is 23.5 Å². The fourth-order valence-corrected chi connectivity index (χ4v) is 13.2. The molecule has 0 radical (unpaired) electrons. The van der Waals surface area contributed by atoms with Crippen LogP contribution in [0.25, 0.3) is 21.8 Å². The highest BCUT2D eigenvalue weighted by atomic mass is 32.2. The molecule has 0 spiro atoms. The van der Waals surface area contributed by atoms with Crippen molar-refractivity contribution in [3.8, 4) is 5.75 Å². The Labute approximate surface area is 559 Å². The molecule has 30 heteroatoms. The number of carbonyl (C=O) groups excluding carboxylic acids is 10. The summed E-state index contributed by atoms with van der Waals surface area (Å²) in [6.07, 6.45) is 2.42. The van der Waals surface area contributed by atoms with Crippen LogP contribution in [0.15, 0.2) is 97.3 Å². The summed E-state index contributed by atoms with van der Waals surface area (Å²) in [6, 6.07) is 10.8. The van der Waals surface area contributed by atoms with Gasteiger partial charge in [-0.15, -0.1) is 0 Å². The number of nitrogens with two attached hydrogens (primary N) is 2. The zero-order valence-corrected chi connectivity index (χ0v) is 54.5. The van der Waals surface area contributed by atoms with Gasteiger partial charge in [0.1, 0.15) is 65.2 Å². The molecular formula is C66H79F2N13O13S2. The fourth-order valence-electron chi connectivity index (χ4n) is 11.3. The van der Waals surface area contributed by atoms with Crippen LogP contribution in [0.1, 0.15) is 86.6 Å². The molecule has 0 saturated carbocycles. The van der Waals surface area contributed by atoms with Crippen LogP contribution in [-0.2, 0) is 83.5 Å². The number of carboxylic acids is 1. The second-order valence-corrected chi connectivity index (χ2v) is 26.3. The minimum absolute atomic E-state index is 0.0155. The molecule has 7 atom stereocenters. The van der Waals surface area contributed by atoms with Crippen molar-refractivity contribution < 1.29 is 71.7 Å². The summed E-state index contributed by atoms with van der Waals surface area (Å²) in [6.45, 7) is 2.11. The Bertz CT molecular complexity index is 3850. The number of halogens is 2. The number of benzene rings is 4. The van der Waals surface area contributed by atoms with E-state index in [0.717, 1.165) is 11.1 Å². The number of aromatic hydroxyl groups is 1. The Morgan fingerprint density at radius 3 is 1.88 bits per heavy atom. The summed E-state index contributed by atoms with van der Waals surface area (Å²) in [5.41, 5.74) is 13.3. The van der Waals surface area contributed by atoms with Gasteiger partial charge in [-0.05, 0) is 129 Å². The standard InChI is InChI=1S/C66H79F2N13O13S2/c1-66(2)65(94)79-52(24-36-11-15-43(82)16-12-36)64(93)81-21-6-10-54(81)63(92)78-53(58(70)87)35-96-34-38-8-5-7-37(23-38)33-95-22-19-55(83)74-48(9-3-4-20-69)59(88)73-32-56(84)75-49(25-39-30-71-46-17-13-41(67)27-44(39)46)60(89)76-50(61(90)77-51(29-57(85)86)62(91)80-66)26-40-31-72-47-18-14-42(68)28-45(40)47/h5,7-8,11-18,23,27-28,30-31,48-54,71-72,82H,3-4,6,9-10,19-22,24-26,29,32-35,69H2,1-2H3,(H2,70,87)(H,73,88)(H,74,83)(H,75,84)(H,76,89)(H,77,90)(H,78,92)(H,79,94)(H,80,91)(H,85,86)/t48-,49-,50-,51-,52-,53-,54-/m0/s1. The molecule has 8 rings (SSSR count). The van der Waals surface area contributed by atoms with Crippen LogP contribution in [0.5, 0.6) is 5.75 Å². The number of carbonyl (C=O) groups is 11. The van der Waals surface area contributed by atoms with Crippen molar-refractivity contribution in [1.29, 1.82) is 0 Å². The SMILES string of the molecule is CC1(C)NC(=O)[C@H](CC(=O)O)NC(=O)[C@H](Cc2c[nH]c3ccc(F)cc23)NC(=O)[C@H](Cc2c[nH]c3ccc(F)cc23)NC(=O)CNC(=O)[C@H](CCCCN)NC(=O)CCSCc2cccc(c2)CSC[C@@H](C(N)=O)NC(=O)[C@@H]2CCCN2C(=O)[C@H](Cc2ccc(O)cc2)NC1=O. The number of fused-ring (bicyclic) bond motifs is 5. The van der Waals surface area contributed by atoms with Gasteiger partial charge in [0.2, 0.25) is 59.1 Å². The minimum atomic E-state index is -2.02. The number of nitrogens with one attached hydrogen (secondary N) is 10. The molecule has 6 aromatic rings. The summed E-state index contributed by atoms with van der Waals surface area (Å²) in [7, 11) is 0. The third kappa shape index (κ3) is 20.2. The molecule has 0 unspecified atom stereocenters. The molecule has 512 valence electrons. The average Bonchev–Trinajstić information content (AvgIpc) is 1.44. The molecule has 4 heterocycles. The molecule has 0 aliphatic carbocycles. The summed E-state index contributed by atoms with van der Waals surface area (Å²) >= 11 is 2.80. The monoisotopic (exact) mass is 1360 g/mol. The first-order chi connectivity index (χ1) is 45.8. The molecule has 1 fully saturated rings. The Kier molecular flexibility index (Phi) is 25.4. The predicted molar refractivity (Wildman–Crippen MR) is 355 cm³/mol. The van der Waals surface area contributed by atoms with E-state index in [1.807, 2.05) is 24.3 Å². The number of nitrogens with zero attached hydrogens (tertiary/aromatic N) is 1. The molecule has 2 aromatic heterocycles. The van der Waals surface area contributed by atoms with Crippen LogP contribution in [0.3, 0.4) is 0 Å². The molecule has 16 N–H and O–H groups in total. The van der Waals surface area contributed by atoms with Gasteiger partial charge in [0.15, 0.2) is 0 Å². The number of unbranched alkanes of at least 4 members (excludes halogenated alkanes) is 1. The lowest BCUT2D eigenvalue weighted by Crippen LogP contribution is -2.63. The van der Waals surface area contributed by atoms with E-state index in [1.165, 1.54) is 115 Å².